The maximum atomic E-state index is 13.6. The van der Waals surface area contributed by atoms with E-state index >= 15 is 0 Å². The molecule has 20 heavy (non-hydrogen) atoms. The molecule has 0 atom stereocenters. The van der Waals surface area contributed by atoms with Crippen LogP contribution in [0.1, 0.15) is 15.9 Å². The van der Waals surface area contributed by atoms with Crippen molar-refractivity contribution < 1.29 is 18.0 Å². The van der Waals surface area contributed by atoms with Crippen LogP contribution in [0.15, 0.2) is 34.8 Å². The molecule has 1 nitrogen and oxygen atoms in total. The second-order valence-corrected chi connectivity index (χ2v) is 5.29. The maximum Gasteiger partial charge on any atom is 0.173 e. The summed E-state index contributed by atoms with van der Waals surface area (Å²) in [6, 6.07) is 5.92. The predicted molar refractivity (Wildman–Crippen MR) is 73.5 cm³/mol. The summed E-state index contributed by atoms with van der Waals surface area (Å²) in [4.78, 5) is 12.0. The van der Waals surface area contributed by atoms with E-state index in [0.29, 0.717) is 0 Å². The molecule has 0 heterocycles. The van der Waals surface area contributed by atoms with Gasteiger partial charge < -0.3 is 0 Å². The van der Waals surface area contributed by atoms with Crippen LogP contribution in [0.25, 0.3) is 0 Å². The molecule has 0 fully saturated rings. The highest BCUT2D eigenvalue weighted by Gasteiger charge is 2.18. The summed E-state index contributed by atoms with van der Waals surface area (Å²) >= 11 is 8.43. The number of carbonyl (C=O) groups is 1. The summed E-state index contributed by atoms with van der Waals surface area (Å²) in [5, 5.41) is 0.215. The Morgan fingerprint density at radius 1 is 1.10 bits per heavy atom. The highest BCUT2D eigenvalue weighted by atomic mass is 79.9. The minimum atomic E-state index is -1.15. The Hall–Kier alpha value is -1.33. The van der Waals surface area contributed by atoms with Crippen LogP contribution in [0.5, 0.6) is 0 Å². The van der Waals surface area contributed by atoms with Gasteiger partial charge in [0.1, 0.15) is 5.82 Å². The van der Waals surface area contributed by atoms with Gasteiger partial charge in [-0.05, 0) is 45.8 Å². The van der Waals surface area contributed by atoms with Gasteiger partial charge in [0.15, 0.2) is 17.4 Å². The number of benzene rings is 2. The van der Waals surface area contributed by atoms with Gasteiger partial charge in [-0.1, -0.05) is 17.7 Å². The molecule has 0 bridgehead atoms. The number of hydrogen-bond donors (Lipinski definition) is 0. The molecular weight excluding hydrogens is 357 g/mol. The largest absolute Gasteiger partial charge is 0.294 e. The average molecular weight is 364 g/mol. The number of hydrogen-bond acceptors (Lipinski definition) is 1. The van der Waals surface area contributed by atoms with E-state index in [4.69, 9.17) is 11.6 Å². The van der Waals surface area contributed by atoms with Crippen molar-refractivity contribution in [1.29, 1.82) is 0 Å². The van der Waals surface area contributed by atoms with Crippen LogP contribution in [0, 0.1) is 17.5 Å². The lowest BCUT2D eigenvalue weighted by Crippen LogP contribution is -2.07. The van der Waals surface area contributed by atoms with E-state index in [0.717, 1.165) is 18.2 Å². The highest BCUT2D eigenvalue weighted by Crippen LogP contribution is 2.25. The Kier molecular flexibility index (Phi) is 4.50. The van der Waals surface area contributed by atoms with Crippen molar-refractivity contribution in [2.45, 2.75) is 6.42 Å². The number of Topliss-reactive ketones (excluding diaryl/α,β-unsaturated/α-hetero) is 1. The van der Waals surface area contributed by atoms with E-state index in [2.05, 4.69) is 15.9 Å². The Morgan fingerprint density at radius 3 is 2.45 bits per heavy atom. The second kappa shape index (κ2) is 5.97. The van der Waals surface area contributed by atoms with Crippen molar-refractivity contribution in [2.24, 2.45) is 0 Å². The lowest BCUT2D eigenvalue weighted by molar-refractivity contribution is 0.0990. The zero-order valence-electron chi connectivity index (χ0n) is 9.89. The zero-order chi connectivity index (χ0) is 14.9. The molecule has 0 aliphatic heterocycles. The van der Waals surface area contributed by atoms with Crippen LogP contribution in [0.3, 0.4) is 0 Å². The number of halogens is 5. The van der Waals surface area contributed by atoms with E-state index < -0.39 is 23.2 Å². The Morgan fingerprint density at radius 2 is 1.80 bits per heavy atom. The van der Waals surface area contributed by atoms with E-state index in [1.54, 1.807) is 0 Å². The van der Waals surface area contributed by atoms with Gasteiger partial charge >= 0.3 is 0 Å². The summed E-state index contributed by atoms with van der Waals surface area (Å²) in [6.45, 7) is 0. The molecule has 0 radical (unpaired) electrons. The molecular formula is C14H7BrClF3O. The first-order valence-electron chi connectivity index (χ1n) is 5.50. The molecule has 2 rings (SSSR count). The topological polar surface area (TPSA) is 17.1 Å². The molecule has 0 saturated carbocycles. The van der Waals surface area contributed by atoms with Crippen molar-refractivity contribution in [2.75, 3.05) is 0 Å². The molecule has 0 aromatic heterocycles. The monoisotopic (exact) mass is 362 g/mol. The normalized spacial score (nSPS) is 10.7. The summed E-state index contributed by atoms with van der Waals surface area (Å²) in [7, 11) is 0. The predicted octanol–water partition coefficient (Wildman–Crippen LogP) is 4.95. The smallest absolute Gasteiger partial charge is 0.173 e. The van der Waals surface area contributed by atoms with Gasteiger partial charge in [-0.2, -0.15) is 0 Å². The van der Waals surface area contributed by atoms with Gasteiger partial charge in [0, 0.05) is 17.0 Å². The average Bonchev–Trinajstić information content (AvgIpc) is 2.39. The third-order valence-corrected chi connectivity index (χ3v) is 3.71. The molecule has 0 aliphatic carbocycles. The number of carbonyl (C=O) groups excluding carboxylic acids is 1. The lowest BCUT2D eigenvalue weighted by atomic mass is 10.0. The highest BCUT2D eigenvalue weighted by molar-refractivity contribution is 9.10. The molecule has 0 spiro atoms. The Balaban J connectivity index is 2.31. The number of rotatable bonds is 3. The summed E-state index contributed by atoms with van der Waals surface area (Å²) < 4.78 is 39.6. The van der Waals surface area contributed by atoms with Crippen LogP contribution in [0.4, 0.5) is 13.2 Å². The first kappa shape index (κ1) is 15.1. The quantitative estimate of drug-likeness (QED) is 0.557. The van der Waals surface area contributed by atoms with Crippen molar-refractivity contribution in [3.63, 3.8) is 0 Å². The minimum absolute atomic E-state index is 0.0433. The summed E-state index contributed by atoms with van der Waals surface area (Å²) in [5.41, 5.74) is 0.0919. The van der Waals surface area contributed by atoms with Gasteiger partial charge in [-0.25, -0.2) is 13.2 Å². The van der Waals surface area contributed by atoms with Gasteiger partial charge in [0.05, 0.1) is 4.47 Å². The van der Waals surface area contributed by atoms with E-state index in [-0.39, 0.29) is 27.0 Å². The third kappa shape index (κ3) is 3.04. The Labute approximate surface area is 126 Å². The molecule has 2 aromatic carbocycles. The van der Waals surface area contributed by atoms with Crippen LogP contribution in [-0.2, 0) is 6.42 Å². The standard InChI is InChI=1S/C14H7BrClF3O/c15-13-9(3-4-10(17)14(13)19)12(20)5-7-1-2-8(16)6-11(7)18/h1-4,6H,5H2. The van der Waals surface area contributed by atoms with Crippen molar-refractivity contribution in [3.05, 3.63) is 68.4 Å². The zero-order valence-corrected chi connectivity index (χ0v) is 12.2. The van der Waals surface area contributed by atoms with Crippen LogP contribution in [0.2, 0.25) is 5.02 Å². The SMILES string of the molecule is O=C(Cc1ccc(Cl)cc1F)c1ccc(F)c(F)c1Br. The molecule has 0 aliphatic rings. The molecule has 0 saturated heterocycles. The first-order chi connectivity index (χ1) is 9.40. The van der Waals surface area contributed by atoms with Gasteiger partial charge in [-0.15, -0.1) is 0 Å². The Bertz CT molecular complexity index is 688. The minimum Gasteiger partial charge on any atom is -0.294 e. The summed E-state index contributed by atoms with van der Waals surface area (Å²) in [6.07, 6.45) is -0.271. The second-order valence-electron chi connectivity index (χ2n) is 4.06. The molecule has 0 N–H and O–H groups in total. The molecule has 0 amide bonds. The van der Waals surface area contributed by atoms with Gasteiger partial charge in [0.2, 0.25) is 0 Å². The fraction of sp³-hybridized carbons (Fsp3) is 0.0714. The fourth-order valence-electron chi connectivity index (χ4n) is 1.67. The van der Waals surface area contributed by atoms with Gasteiger partial charge in [0.25, 0.3) is 0 Å². The van der Waals surface area contributed by atoms with Gasteiger partial charge in [-0.3, -0.25) is 4.79 Å². The van der Waals surface area contributed by atoms with Crippen LogP contribution >= 0.6 is 27.5 Å². The molecule has 0 unspecified atom stereocenters. The van der Waals surface area contributed by atoms with Crippen molar-refractivity contribution in [1.82, 2.24) is 0 Å². The van der Waals surface area contributed by atoms with Crippen molar-refractivity contribution >= 4 is 33.3 Å². The molecule has 6 heteroatoms. The van der Waals surface area contributed by atoms with Crippen LogP contribution < -0.4 is 0 Å². The van der Waals surface area contributed by atoms with E-state index in [1.165, 1.54) is 12.1 Å². The third-order valence-electron chi connectivity index (χ3n) is 2.70. The number of ketones is 1. The lowest BCUT2D eigenvalue weighted by Gasteiger charge is -2.06. The molecule has 104 valence electrons. The molecule has 2 aromatic rings. The fourth-order valence-corrected chi connectivity index (χ4v) is 2.38. The van der Waals surface area contributed by atoms with Crippen molar-refractivity contribution in [3.8, 4) is 0 Å². The first-order valence-corrected chi connectivity index (χ1v) is 6.68. The van der Waals surface area contributed by atoms with E-state index in [1.807, 2.05) is 0 Å². The maximum absolute atomic E-state index is 13.6. The van der Waals surface area contributed by atoms with Crippen LogP contribution in [-0.4, -0.2) is 5.78 Å². The summed E-state index contributed by atoms with van der Waals surface area (Å²) in [5.74, 6) is -3.36. The van der Waals surface area contributed by atoms with E-state index in [9.17, 15) is 18.0 Å².